The van der Waals surface area contributed by atoms with E-state index in [0.29, 0.717) is 6.04 Å². The van der Waals surface area contributed by atoms with Crippen LogP contribution in [0.3, 0.4) is 0 Å². The molecule has 1 aromatic heterocycles. The predicted molar refractivity (Wildman–Crippen MR) is 56.1 cm³/mol. The van der Waals surface area contributed by atoms with Crippen LogP contribution in [0.2, 0.25) is 0 Å². The van der Waals surface area contributed by atoms with Crippen LogP contribution >= 0.6 is 11.3 Å². The average molecular weight is 196 g/mol. The van der Waals surface area contributed by atoms with Gasteiger partial charge in [0, 0.05) is 16.8 Å². The van der Waals surface area contributed by atoms with Crippen molar-refractivity contribution < 1.29 is 0 Å². The Morgan fingerprint density at radius 2 is 2.46 bits per heavy atom. The molecule has 1 aromatic rings. The van der Waals surface area contributed by atoms with Crippen LogP contribution in [0.15, 0.2) is 5.51 Å². The summed E-state index contributed by atoms with van der Waals surface area (Å²) in [7, 11) is 0. The monoisotopic (exact) mass is 196 g/mol. The van der Waals surface area contributed by atoms with Crippen LogP contribution < -0.4 is 5.73 Å². The van der Waals surface area contributed by atoms with E-state index in [1.807, 2.05) is 5.51 Å². The fraction of sp³-hybridized carbons (Fsp3) is 0.700. The van der Waals surface area contributed by atoms with Crippen molar-refractivity contribution in [1.29, 1.82) is 0 Å². The summed E-state index contributed by atoms with van der Waals surface area (Å²) >= 11 is 1.79. The molecule has 0 aromatic carbocycles. The minimum Gasteiger partial charge on any atom is -0.328 e. The zero-order valence-corrected chi connectivity index (χ0v) is 8.81. The number of hydrogen-bond acceptors (Lipinski definition) is 3. The molecule has 1 fully saturated rings. The molecule has 2 rings (SSSR count). The number of nitrogens with two attached hydrogens (primary N) is 1. The van der Waals surface area contributed by atoms with E-state index in [1.165, 1.54) is 23.4 Å². The van der Waals surface area contributed by atoms with Gasteiger partial charge in [0.15, 0.2) is 0 Å². The molecular formula is C10H16N2S. The average Bonchev–Trinajstić information content (AvgIpc) is 2.82. The first-order valence-electron chi connectivity index (χ1n) is 4.95. The van der Waals surface area contributed by atoms with Gasteiger partial charge < -0.3 is 5.73 Å². The molecule has 1 aliphatic rings. The van der Waals surface area contributed by atoms with Crippen molar-refractivity contribution in [2.75, 3.05) is 0 Å². The van der Waals surface area contributed by atoms with E-state index in [1.54, 1.807) is 11.3 Å². The van der Waals surface area contributed by atoms with Crippen molar-refractivity contribution in [2.45, 2.75) is 44.6 Å². The number of aromatic nitrogens is 1. The lowest BCUT2D eigenvalue weighted by Gasteiger charge is -2.03. The lowest BCUT2D eigenvalue weighted by molar-refractivity contribution is 0.667. The third-order valence-electron chi connectivity index (χ3n) is 2.46. The summed E-state index contributed by atoms with van der Waals surface area (Å²) in [5.41, 5.74) is 9.08. The first-order valence-corrected chi connectivity index (χ1v) is 5.83. The molecule has 0 saturated heterocycles. The molecule has 13 heavy (non-hydrogen) atoms. The van der Waals surface area contributed by atoms with E-state index in [2.05, 4.69) is 11.9 Å². The topological polar surface area (TPSA) is 38.9 Å². The fourth-order valence-corrected chi connectivity index (χ4v) is 2.38. The van der Waals surface area contributed by atoms with Gasteiger partial charge in [-0.25, -0.2) is 4.98 Å². The number of aryl methyl sites for hydroxylation is 1. The molecule has 0 radical (unpaired) electrons. The Bertz CT molecular complexity index is 276. The van der Waals surface area contributed by atoms with Crippen molar-refractivity contribution >= 4 is 11.3 Å². The van der Waals surface area contributed by atoms with Crippen molar-refractivity contribution in [2.24, 2.45) is 5.73 Å². The first-order chi connectivity index (χ1) is 6.27. The van der Waals surface area contributed by atoms with E-state index in [9.17, 15) is 0 Å². The van der Waals surface area contributed by atoms with Gasteiger partial charge in [-0.15, -0.1) is 11.3 Å². The third kappa shape index (κ3) is 2.29. The summed E-state index contributed by atoms with van der Waals surface area (Å²) < 4.78 is 0. The zero-order chi connectivity index (χ0) is 9.26. The summed E-state index contributed by atoms with van der Waals surface area (Å²) in [6.07, 6.45) is 4.89. The maximum atomic E-state index is 5.74. The zero-order valence-electron chi connectivity index (χ0n) is 7.99. The molecule has 0 aliphatic heterocycles. The van der Waals surface area contributed by atoms with Gasteiger partial charge in [0.2, 0.25) is 0 Å². The summed E-state index contributed by atoms with van der Waals surface area (Å²) in [6, 6.07) is 0.314. The number of thiazole rings is 1. The van der Waals surface area contributed by atoms with E-state index < -0.39 is 0 Å². The molecule has 0 spiro atoms. The van der Waals surface area contributed by atoms with E-state index in [4.69, 9.17) is 5.73 Å². The number of hydrogen-bond donors (Lipinski definition) is 1. The molecule has 0 unspecified atom stereocenters. The van der Waals surface area contributed by atoms with Crippen LogP contribution in [0.1, 0.15) is 42.7 Å². The normalized spacial score (nSPS) is 18.9. The highest BCUT2D eigenvalue weighted by Gasteiger charge is 2.27. The largest absolute Gasteiger partial charge is 0.328 e. The van der Waals surface area contributed by atoms with Crippen LogP contribution in [0, 0.1) is 0 Å². The van der Waals surface area contributed by atoms with Gasteiger partial charge >= 0.3 is 0 Å². The minimum atomic E-state index is 0.314. The standard InChI is InChI=1S/C10H16N2S/c1-7(11)2-5-9-10(8-3-4-8)12-6-13-9/h6-8H,2-5,11H2,1H3/t7-/m1/s1. The summed E-state index contributed by atoms with van der Waals surface area (Å²) in [5, 5.41) is 0. The molecule has 1 atom stereocenters. The van der Waals surface area contributed by atoms with Crippen LogP contribution in [0.25, 0.3) is 0 Å². The second kappa shape index (κ2) is 3.76. The molecule has 2 N–H and O–H groups in total. The molecular weight excluding hydrogens is 180 g/mol. The molecule has 1 aliphatic carbocycles. The van der Waals surface area contributed by atoms with Gasteiger partial charge in [0.05, 0.1) is 11.2 Å². The van der Waals surface area contributed by atoms with Gasteiger partial charge in [-0.3, -0.25) is 0 Å². The smallest absolute Gasteiger partial charge is 0.0797 e. The van der Waals surface area contributed by atoms with Gasteiger partial charge in [-0.1, -0.05) is 0 Å². The fourth-order valence-electron chi connectivity index (χ4n) is 1.51. The summed E-state index contributed by atoms with van der Waals surface area (Å²) in [5.74, 6) is 0.786. The predicted octanol–water partition coefficient (Wildman–Crippen LogP) is 2.30. The Kier molecular flexibility index (Phi) is 2.65. The van der Waals surface area contributed by atoms with Gasteiger partial charge in [0.25, 0.3) is 0 Å². The van der Waals surface area contributed by atoms with Crippen LogP contribution in [-0.2, 0) is 6.42 Å². The Morgan fingerprint density at radius 3 is 3.08 bits per heavy atom. The Hall–Kier alpha value is -0.410. The van der Waals surface area contributed by atoms with Gasteiger partial charge in [-0.05, 0) is 32.6 Å². The number of nitrogens with zero attached hydrogens (tertiary/aromatic N) is 1. The lowest BCUT2D eigenvalue weighted by Crippen LogP contribution is -2.15. The minimum absolute atomic E-state index is 0.314. The second-order valence-corrected chi connectivity index (χ2v) is 4.89. The third-order valence-corrected chi connectivity index (χ3v) is 3.37. The molecule has 1 saturated carbocycles. The highest BCUT2D eigenvalue weighted by molar-refractivity contribution is 7.09. The highest BCUT2D eigenvalue weighted by Crippen LogP contribution is 2.42. The van der Waals surface area contributed by atoms with Crippen molar-refractivity contribution in [1.82, 2.24) is 4.98 Å². The van der Waals surface area contributed by atoms with Crippen molar-refractivity contribution in [3.8, 4) is 0 Å². The SMILES string of the molecule is C[C@@H](N)CCc1scnc1C1CC1. The highest BCUT2D eigenvalue weighted by atomic mass is 32.1. The van der Waals surface area contributed by atoms with Crippen LogP contribution in [0.4, 0.5) is 0 Å². The Balaban J connectivity index is 1.98. The quantitative estimate of drug-likeness (QED) is 0.802. The van der Waals surface area contributed by atoms with E-state index in [0.717, 1.165) is 18.8 Å². The Morgan fingerprint density at radius 1 is 1.69 bits per heavy atom. The van der Waals surface area contributed by atoms with E-state index in [-0.39, 0.29) is 0 Å². The Labute approximate surface area is 83.2 Å². The van der Waals surface area contributed by atoms with Crippen molar-refractivity contribution in [3.05, 3.63) is 16.1 Å². The van der Waals surface area contributed by atoms with E-state index >= 15 is 0 Å². The second-order valence-electron chi connectivity index (χ2n) is 3.95. The van der Waals surface area contributed by atoms with Crippen LogP contribution in [-0.4, -0.2) is 11.0 Å². The van der Waals surface area contributed by atoms with Gasteiger partial charge in [0.1, 0.15) is 0 Å². The summed E-state index contributed by atoms with van der Waals surface area (Å²) in [6.45, 7) is 2.07. The van der Waals surface area contributed by atoms with Crippen LogP contribution in [0.5, 0.6) is 0 Å². The molecule has 72 valence electrons. The summed E-state index contributed by atoms with van der Waals surface area (Å²) in [4.78, 5) is 5.91. The maximum absolute atomic E-state index is 5.74. The molecule has 0 amide bonds. The number of rotatable bonds is 4. The lowest BCUT2D eigenvalue weighted by atomic mass is 10.1. The molecule has 1 heterocycles. The molecule has 2 nitrogen and oxygen atoms in total. The first kappa shape index (κ1) is 9.16. The molecule has 0 bridgehead atoms. The maximum Gasteiger partial charge on any atom is 0.0797 e. The van der Waals surface area contributed by atoms with Crippen molar-refractivity contribution in [3.63, 3.8) is 0 Å². The van der Waals surface area contributed by atoms with Gasteiger partial charge in [-0.2, -0.15) is 0 Å². The molecule has 3 heteroatoms.